The Hall–Kier alpha value is -2.37. The van der Waals surface area contributed by atoms with Crippen LogP contribution in [0.15, 0.2) is 24.5 Å². The second-order valence-corrected chi connectivity index (χ2v) is 3.90. The van der Waals surface area contributed by atoms with Crippen LogP contribution in [0.5, 0.6) is 0 Å². The molecule has 0 atom stereocenters. The van der Waals surface area contributed by atoms with Crippen LogP contribution in [0.4, 0.5) is 17.6 Å². The number of anilines is 3. The predicted octanol–water partition coefficient (Wildman–Crippen LogP) is 1.42. The Morgan fingerprint density at radius 1 is 1.28 bits per heavy atom. The zero-order valence-electron chi connectivity index (χ0n) is 10.4. The molecule has 2 rings (SSSR count). The lowest BCUT2D eigenvalue weighted by Gasteiger charge is -2.09. The molecule has 0 aromatic carbocycles. The first-order valence-electron chi connectivity index (χ1n) is 5.64. The van der Waals surface area contributed by atoms with Crippen LogP contribution >= 0.6 is 0 Å². The molecule has 2 heterocycles. The molecule has 94 valence electrons. The minimum absolute atomic E-state index is 0.246. The van der Waals surface area contributed by atoms with E-state index in [0.29, 0.717) is 18.2 Å². The molecule has 0 fully saturated rings. The van der Waals surface area contributed by atoms with Crippen molar-refractivity contribution in [1.29, 1.82) is 0 Å². The first-order valence-corrected chi connectivity index (χ1v) is 5.64. The lowest BCUT2D eigenvalue weighted by Crippen LogP contribution is -2.07. The molecule has 2 aromatic heterocycles. The van der Waals surface area contributed by atoms with Gasteiger partial charge in [0.2, 0.25) is 5.95 Å². The first-order chi connectivity index (χ1) is 8.69. The second kappa shape index (κ2) is 5.31. The number of nitrogens with one attached hydrogen (secondary N) is 2. The van der Waals surface area contributed by atoms with Gasteiger partial charge in [0.25, 0.3) is 0 Å². The third-order valence-electron chi connectivity index (χ3n) is 2.60. The topological polar surface area (TPSA) is 88.8 Å². The Kier molecular flexibility index (Phi) is 3.57. The van der Waals surface area contributed by atoms with E-state index in [-0.39, 0.29) is 5.95 Å². The number of aromatic nitrogens is 3. The van der Waals surface area contributed by atoms with Gasteiger partial charge in [-0.1, -0.05) is 0 Å². The van der Waals surface area contributed by atoms with Crippen LogP contribution in [0, 0.1) is 6.92 Å². The van der Waals surface area contributed by atoms with Gasteiger partial charge in [-0.05, 0) is 24.1 Å². The standard InChI is InChI=1S/C12H16N6/c1-8-6-15-4-3-9(8)7-16-11-5-10(14-2)17-12(13)18-11/h3-6H,7H2,1-2H3,(H4,13,14,16,17,18). The monoisotopic (exact) mass is 244 g/mol. The van der Waals surface area contributed by atoms with Crippen LogP contribution in [-0.2, 0) is 6.54 Å². The van der Waals surface area contributed by atoms with Crippen molar-refractivity contribution in [3.05, 3.63) is 35.7 Å². The van der Waals surface area contributed by atoms with E-state index in [0.717, 1.165) is 5.56 Å². The summed E-state index contributed by atoms with van der Waals surface area (Å²) in [6.07, 6.45) is 3.61. The maximum absolute atomic E-state index is 5.62. The molecule has 0 spiro atoms. The SMILES string of the molecule is CNc1cc(NCc2ccncc2C)nc(N)n1. The molecule has 0 unspecified atom stereocenters. The van der Waals surface area contributed by atoms with E-state index in [2.05, 4.69) is 25.6 Å². The number of pyridine rings is 1. The van der Waals surface area contributed by atoms with Gasteiger partial charge in [-0.15, -0.1) is 0 Å². The summed E-state index contributed by atoms with van der Waals surface area (Å²) >= 11 is 0. The molecule has 0 radical (unpaired) electrons. The predicted molar refractivity (Wildman–Crippen MR) is 72.3 cm³/mol. The van der Waals surface area contributed by atoms with Crippen LogP contribution in [0.2, 0.25) is 0 Å². The first kappa shape index (κ1) is 12.1. The molecule has 0 amide bonds. The molecule has 2 aromatic rings. The summed E-state index contributed by atoms with van der Waals surface area (Å²) in [6, 6.07) is 3.79. The van der Waals surface area contributed by atoms with Crippen molar-refractivity contribution in [3.63, 3.8) is 0 Å². The normalized spacial score (nSPS) is 10.1. The van der Waals surface area contributed by atoms with Gasteiger partial charge in [0.05, 0.1) is 0 Å². The minimum atomic E-state index is 0.246. The fourth-order valence-corrected chi connectivity index (χ4v) is 1.57. The molecule has 0 bridgehead atoms. The van der Waals surface area contributed by atoms with Gasteiger partial charge in [0.1, 0.15) is 11.6 Å². The Labute approximate surface area is 106 Å². The van der Waals surface area contributed by atoms with E-state index in [1.807, 2.05) is 25.3 Å². The van der Waals surface area contributed by atoms with E-state index in [1.165, 1.54) is 5.56 Å². The Bertz CT molecular complexity index is 540. The van der Waals surface area contributed by atoms with Crippen molar-refractivity contribution in [1.82, 2.24) is 15.0 Å². The average molecular weight is 244 g/mol. The number of nitrogen functional groups attached to an aromatic ring is 1. The molecule has 0 aliphatic heterocycles. The van der Waals surface area contributed by atoms with Crippen molar-refractivity contribution in [3.8, 4) is 0 Å². The third kappa shape index (κ3) is 2.85. The van der Waals surface area contributed by atoms with Gasteiger partial charge in [-0.2, -0.15) is 9.97 Å². The maximum atomic E-state index is 5.62. The molecule has 6 nitrogen and oxygen atoms in total. The smallest absolute Gasteiger partial charge is 0.223 e. The molecular weight excluding hydrogens is 228 g/mol. The van der Waals surface area contributed by atoms with Gasteiger partial charge in [-0.3, -0.25) is 4.98 Å². The number of aryl methyl sites for hydroxylation is 1. The van der Waals surface area contributed by atoms with Gasteiger partial charge < -0.3 is 16.4 Å². The van der Waals surface area contributed by atoms with Crippen LogP contribution < -0.4 is 16.4 Å². The van der Waals surface area contributed by atoms with Crippen LogP contribution in [0.25, 0.3) is 0 Å². The highest BCUT2D eigenvalue weighted by molar-refractivity contribution is 5.51. The van der Waals surface area contributed by atoms with Crippen LogP contribution in [-0.4, -0.2) is 22.0 Å². The summed E-state index contributed by atoms with van der Waals surface area (Å²) in [5.41, 5.74) is 7.94. The molecule has 0 saturated carbocycles. The van der Waals surface area contributed by atoms with E-state index < -0.39 is 0 Å². The number of rotatable bonds is 4. The Morgan fingerprint density at radius 2 is 2.06 bits per heavy atom. The Morgan fingerprint density at radius 3 is 2.78 bits per heavy atom. The quantitative estimate of drug-likeness (QED) is 0.753. The van der Waals surface area contributed by atoms with Gasteiger partial charge >= 0.3 is 0 Å². The van der Waals surface area contributed by atoms with Crippen molar-refractivity contribution in [2.24, 2.45) is 0 Å². The molecule has 0 aliphatic rings. The highest BCUT2D eigenvalue weighted by Crippen LogP contribution is 2.13. The zero-order valence-corrected chi connectivity index (χ0v) is 10.4. The van der Waals surface area contributed by atoms with E-state index in [4.69, 9.17) is 5.73 Å². The molecule has 4 N–H and O–H groups in total. The largest absolute Gasteiger partial charge is 0.373 e. The summed E-state index contributed by atoms with van der Waals surface area (Å²) in [4.78, 5) is 12.2. The summed E-state index contributed by atoms with van der Waals surface area (Å²) in [6.45, 7) is 2.70. The lowest BCUT2D eigenvalue weighted by atomic mass is 10.1. The number of hydrogen-bond donors (Lipinski definition) is 3. The summed E-state index contributed by atoms with van der Waals surface area (Å²) in [7, 11) is 1.79. The van der Waals surface area contributed by atoms with Crippen LogP contribution in [0.3, 0.4) is 0 Å². The molecule has 18 heavy (non-hydrogen) atoms. The molecular formula is C12H16N6. The summed E-state index contributed by atoms with van der Waals surface area (Å²) < 4.78 is 0. The van der Waals surface area contributed by atoms with Gasteiger partial charge in [0.15, 0.2) is 0 Å². The summed E-state index contributed by atoms with van der Waals surface area (Å²) in [5.74, 6) is 1.63. The zero-order chi connectivity index (χ0) is 13.0. The lowest BCUT2D eigenvalue weighted by molar-refractivity contribution is 1.06. The fourth-order valence-electron chi connectivity index (χ4n) is 1.57. The second-order valence-electron chi connectivity index (χ2n) is 3.90. The van der Waals surface area contributed by atoms with Crippen molar-refractivity contribution >= 4 is 17.6 Å². The highest BCUT2D eigenvalue weighted by Gasteiger charge is 2.02. The van der Waals surface area contributed by atoms with E-state index in [1.54, 1.807) is 13.2 Å². The molecule has 0 aliphatic carbocycles. The van der Waals surface area contributed by atoms with E-state index in [9.17, 15) is 0 Å². The van der Waals surface area contributed by atoms with Gasteiger partial charge in [-0.25, -0.2) is 0 Å². The summed E-state index contributed by atoms with van der Waals surface area (Å²) in [5, 5.41) is 6.16. The van der Waals surface area contributed by atoms with E-state index >= 15 is 0 Å². The fraction of sp³-hybridized carbons (Fsp3) is 0.250. The Balaban J connectivity index is 2.11. The highest BCUT2D eigenvalue weighted by atomic mass is 15.1. The van der Waals surface area contributed by atoms with Crippen molar-refractivity contribution < 1.29 is 0 Å². The average Bonchev–Trinajstić information content (AvgIpc) is 2.37. The van der Waals surface area contributed by atoms with Crippen molar-refractivity contribution in [2.75, 3.05) is 23.4 Å². The number of hydrogen-bond acceptors (Lipinski definition) is 6. The van der Waals surface area contributed by atoms with Gasteiger partial charge in [0, 0.05) is 32.1 Å². The molecule has 6 heteroatoms. The molecule has 0 saturated heterocycles. The number of nitrogens with zero attached hydrogens (tertiary/aromatic N) is 3. The number of nitrogens with two attached hydrogens (primary N) is 1. The minimum Gasteiger partial charge on any atom is -0.373 e. The van der Waals surface area contributed by atoms with Crippen LogP contribution in [0.1, 0.15) is 11.1 Å². The third-order valence-corrected chi connectivity index (χ3v) is 2.60. The maximum Gasteiger partial charge on any atom is 0.223 e. The van der Waals surface area contributed by atoms with Crippen molar-refractivity contribution in [2.45, 2.75) is 13.5 Å².